The molecule has 0 radical (unpaired) electrons. The highest BCUT2D eigenvalue weighted by atomic mass is 79.9. The van der Waals surface area contributed by atoms with E-state index in [-0.39, 0.29) is 5.60 Å². The quantitative estimate of drug-likeness (QED) is 0.738. The zero-order valence-corrected chi connectivity index (χ0v) is 13.2. The van der Waals surface area contributed by atoms with Crippen LogP contribution < -0.4 is 9.47 Å². The first-order valence-corrected chi connectivity index (χ1v) is 7.58. The third kappa shape index (κ3) is 2.68. The van der Waals surface area contributed by atoms with Gasteiger partial charge in [-0.25, -0.2) is 0 Å². The van der Waals surface area contributed by atoms with E-state index in [1.54, 1.807) is 0 Å². The minimum absolute atomic E-state index is 0.0890. The Balaban J connectivity index is 1.92. The van der Waals surface area contributed by atoms with E-state index in [1.807, 2.05) is 42.5 Å². The van der Waals surface area contributed by atoms with Gasteiger partial charge in [0.2, 0.25) is 0 Å². The number of rotatable bonds is 2. The molecule has 0 N–H and O–H groups in total. The first kappa shape index (κ1) is 13.5. The average Bonchev–Trinajstić information content (AvgIpc) is 2.42. The van der Waals surface area contributed by atoms with Gasteiger partial charge in [-0.05, 0) is 66.9 Å². The maximum absolute atomic E-state index is 6.02. The highest BCUT2D eigenvalue weighted by Crippen LogP contribution is 2.42. The van der Waals surface area contributed by atoms with Gasteiger partial charge in [0, 0.05) is 5.56 Å². The van der Waals surface area contributed by atoms with Crippen molar-refractivity contribution >= 4 is 15.9 Å². The van der Waals surface area contributed by atoms with Crippen molar-refractivity contribution in [3.63, 3.8) is 0 Å². The van der Waals surface area contributed by atoms with Crippen LogP contribution in [0.2, 0.25) is 0 Å². The zero-order chi connectivity index (χ0) is 14.2. The Bertz CT molecular complexity index is 620. The molecule has 1 heterocycles. The van der Waals surface area contributed by atoms with Gasteiger partial charge in [-0.1, -0.05) is 18.2 Å². The van der Waals surface area contributed by atoms with E-state index in [0.29, 0.717) is 0 Å². The third-order valence-corrected chi connectivity index (χ3v) is 4.37. The van der Waals surface area contributed by atoms with E-state index in [4.69, 9.17) is 9.47 Å². The lowest BCUT2D eigenvalue weighted by atomic mass is 9.94. The molecule has 1 aliphatic rings. The summed E-state index contributed by atoms with van der Waals surface area (Å²) in [5.41, 5.74) is 1.10. The van der Waals surface area contributed by atoms with Gasteiger partial charge in [0.1, 0.15) is 22.8 Å². The van der Waals surface area contributed by atoms with Crippen LogP contribution in [0.25, 0.3) is 0 Å². The summed E-state index contributed by atoms with van der Waals surface area (Å²) in [7, 11) is 0. The lowest BCUT2D eigenvalue weighted by Crippen LogP contribution is -2.32. The lowest BCUT2D eigenvalue weighted by Gasteiger charge is -2.33. The van der Waals surface area contributed by atoms with Crippen LogP contribution >= 0.6 is 15.9 Å². The van der Waals surface area contributed by atoms with Gasteiger partial charge >= 0.3 is 0 Å². The summed E-state index contributed by atoms with van der Waals surface area (Å²) in [6, 6.07) is 13.8. The van der Waals surface area contributed by atoms with Crippen LogP contribution in [-0.4, -0.2) is 5.60 Å². The number of para-hydroxylation sites is 1. The van der Waals surface area contributed by atoms with Crippen LogP contribution in [0.5, 0.6) is 17.2 Å². The van der Waals surface area contributed by atoms with Crippen molar-refractivity contribution < 1.29 is 9.47 Å². The molecular weight excluding hydrogens is 316 g/mol. The number of fused-ring (bicyclic) bond motifs is 1. The van der Waals surface area contributed by atoms with E-state index in [2.05, 4.69) is 29.8 Å². The molecule has 0 spiro atoms. The van der Waals surface area contributed by atoms with Gasteiger partial charge < -0.3 is 9.47 Å². The standard InChI is InChI=1S/C17H17BrO2/c1-17(2)11-10-13-14(20-17)8-9-15(16(13)18)19-12-6-4-3-5-7-12/h3-9H,10-11H2,1-2H3. The summed E-state index contributed by atoms with van der Waals surface area (Å²) < 4.78 is 12.9. The van der Waals surface area contributed by atoms with Crippen molar-refractivity contribution in [3.05, 3.63) is 52.5 Å². The van der Waals surface area contributed by atoms with E-state index >= 15 is 0 Å². The van der Waals surface area contributed by atoms with E-state index in [1.165, 1.54) is 5.56 Å². The molecule has 0 aliphatic carbocycles. The monoisotopic (exact) mass is 332 g/mol. The fourth-order valence-electron chi connectivity index (χ4n) is 2.38. The Morgan fingerprint density at radius 3 is 2.60 bits per heavy atom. The molecule has 3 heteroatoms. The van der Waals surface area contributed by atoms with Crippen LogP contribution in [-0.2, 0) is 6.42 Å². The summed E-state index contributed by atoms with van der Waals surface area (Å²) >= 11 is 3.66. The van der Waals surface area contributed by atoms with Crippen molar-refractivity contribution in [3.8, 4) is 17.2 Å². The van der Waals surface area contributed by atoms with Crippen LogP contribution in [0.15, 0.2) is 46.9 Å². The summed E-state index contributed by atoms with van der Waals surface area (Å²) in [6.07, 6.45) is 2.00. The van der Waals surface area contributed by atoms with Gasteiger partial charge in [0.15, 0.2) is 0 Å². The van der Waals surface area contributed by atoms with Crippen LogP contribution in [0.1, 0.15) is 25.8 Å². The minimum Gasteiger partial charge on any atom is -0.488 e. The van der Waals surface area contributed by atoms with Gasteiger partial charge in [-0.2, -0.15) is 0 Å². The largest absolute Gasteiger partial charge is 0.488 e. The second kappa shape index (κ2) is 5.13. The molecule has 0 saturated heterocycles. The highest BCUT2D eigenvalue weighted by molar-refractivity contribution is 9.10. The first-order chi connectivity index (χ1) is 9.55. The number of benzene rings is 2. The molecule has 0 fully saturated rings. The second-order valence-electron chi connectivity index (χ2n) is 5.63. The number of hydrogen-bond acceptors (Lipinski definition) is 2. The molecule has 3 rings (SSSR count). The normalized spacial score (nSPS) is 16.1. The number of halogens is 1. The molecule has 104 valence electrons. The van der Waals surface area contributed by atoms with Crippen LogP contribution in [0, 0.1) is 0 Å². The van der Waals surface area contributed by atoms with Crippen LogP contribution in [0.3, 0.4) is 0 Å². The average molecular weight is 333 g/mol. The number of ether oxygens (including phenoxy) is 2. The minimum atomic E-state index is -0.0890. The molecule has 0 bridgehead atoms. The van der Waals surface area contributed by atoms with Crippen molar-refractivity contribution in [2.75, 3.05) is 0 Å². The van der Waals surface area contributed by atoms with Crippen molar-refractivity contribution in [1.29, 1.82) is 0 Å². The van der Waals surface area contributed by atoms with E-state index in [0.717, 1.165) is 34.6 Å². The predicted octanol–water partition coefficient (Wildman–Crippen LogP) is 5.35. The topological polar surface area (TPSA) is 18.5 Å². The zero-order valence-electron chi connectivity index (χ0n) is 11.7. The Kier molecular flexibility index (Phi) is 3.47. The SMILES string of the molecule is CC1(C)CCc2c(ccc(Oc3ccccc3)c2Br)O1. The predicted molar refractivity (Wildman–Crippen MR) is 83.7 cm³/mol. The molecule has 0 atom stereocenters. The fourth-order valence-corrected chi connectivity index (χ4v) is 2.99. The third-order valence-electron chi connectivity index (χ3n) is 3.50. The van der Waals surface area contributed by atoms with Crippen molar-refractivity contribution in [2.45, 2.75) is 32.3 Å². The molecule has 2 nitrogen and oxygen atoms in total. The first-order valence-electron chi connectivity index (χ1n) is 6.78. The van der Waals surface area contributed by atoms with Gasteiger partial charge in [0.05, 0.1) is 4.47 Å². The van der Waals surface area contributed by atoms with Gasteiger partial charge in [-0.3, -0.25) is 0 Å². The molecule has 0 saturated carbocycles. The van der Waals surface area contributed by atoms with E-state index < -0.39 is 0 Å². The molecule has 0 amide bonds. The molecule has 0 unspecified atom stereocenters. The Labute approximate surface area is 127 Å². The molecule has 2 aromatic rings. The molecule has 1 aliphatic heterocycles. The maximum Gasteiger partial charge on any atom is 0.142 e. The Morgan fingerprint density at radius 1 is 1.10 bits per heavy atom. The highest BCUT2D eigenvalue weighted by Gasteiger charge is 2.28. The summed E-state index contributed by atoms with van der Waals surface area (Å²) in [5, 5.41) is 0. The second-order valence-corrected chi connectivity index (χ2v) is 6.42. The molecule has 2 aromatic carbocycles. The smallest absolute Gasteiger partial charge is 0.142 e. The van der Waals surface area contributed by atoms with Gasteiger partial charge in [0.25, 0.3) is 0 Å². The summed E-state index contributed by atoms with van der Waals surface area (Å²) in [4.78, 5) is 0. The lowest BCUT2D eigenvalue weighted by molar-refractivity contribution is 0.0842. The number of hydrogen-bond donors (Lipinski definition) is 0. The molecular formula is C17H17BrO2. The Hall–Kier alpha value is -1.48. The molecule has 20 heavy (non-hydrogen) atoms. The summed E-state index contributed by atoms with van der Waals surface area (Å²) in [6.45, 7) is 4.25. The van der Waals surface area contributed by atoms with Crippen molar-refractivity contribution in [2.24, 2.45) is 0 Å². The fraction of sp³-hybridized carbons (Fsp3) is 0.294. The van der Waals surface area contributed by atoms with Gasteiger partial charge in [-0.15, -0.1) is 0 Å². The molecule has 0 aromatic heterocycles. The van der Waals surface area contributed by atoms with E-state index in [9.17, 15) is 0 Å². The maximum atomic E-state index is 6.02. The Morgan fingerprint density at radius 2 is 1.85 bits per heavy atom. The summed E-state index contributed by atoms with van der Waals surface area (Å²) in [5.74, 6) is 2.62. The van der Waals surface area contributed by atoms with Crippen LogP contribution in [0.4, 0.5) is 0 Å². The van der Waals surface area contributed by atoms with Crippen molar-refractivity contribution in [1.82, 2.24) is 0 Å².